The molecule has 114 heavy (non-hydrogen) atoms. The molecule has 3 aliphatic rings. The van der Waals surface area contributed by atoms with Crippen LogP contribution < -0.4 is 0 Å². The van der Waals surface area contributed by atoms with Crippen molar-refractivity contribution in [1.82, 2.24) is 0 Å². The zero-order valence-electron chi connectivity index (χ0n) is 81.8. The lowest BCUT2D eigenvalue weighted by molar-refractivity contribution is -0.287. The number of epoxide rings is 1. The molecule has 0 amide bonds. The fourth-order valence-electron chi connectivity index (χ4n) is 20.9. The normalized spacial score (nSPS) is 23.3. The van der Waals surface area contributed by atoms with E-state index in [2.05, 4.69) is 145 Å². The first-order valence-electron chi connectivity index (χ1n) is 52.5. The molecule has 0 aromatic heterocycles. The second-order valence-corrected chi connectivity index (χ2v) is 44.3. The molecule has 6 heteroatoms. The van der Waals surface area contributed by atoms with Crippen LogP contribution in [0.1, 0.15) is 556 Å². The van der Waals surface area contributed by atoms with Gasteiger partial charge in [-0.1, -0.05) is 458 Å². The van der Waals surface area contributed by atoms with Gasteiger partial charge in [0.15, 0.2) is 0 Å². The van der Waals surface area contributed by atoms with Gasteiger partial charge >= 0.3 is 0 Å². The van der Waals surface area contributed by atoms with Gasteiger partial charge in [0.25, 0.3) is 0 Å². The van der Waals surface area contributed by atoms with Gasteiger partial charge in [0.05, 0.1) is 59.0 Å². The topological polar surface area (TPSA) is 69.7 Å². The largest absolute Gasteiger partial charge is 0.387 e. The number of rotatable bonds is 80. The average molecular weight is 1610 g/mol. The van der Waals surface area contributed by atoms with Gasteiger partial charge in [-0.15, -0.1) is 0 Å². The van der Waals surface area contributed by atoms with Crippen LogP contribution in [0.25, 0.3) is 0 Å². The summed E-state index contributed by atoms with van der Waals surface area (Å²) in [5.41, 5.74) is -2.31. The van der Waals surface area contributed by atoms with Gasteiger partial charge in [-0.2, -0.15) is 0 Å². The summed E-state index contributed by atoms with van der Waals surface area (Å²) < 4.78 is 37.1. The SMILES string of the molecule is CCCCCCCCC1OC1CCCCCCCCCCCCCCCCCCOC1CCC(C(C)(CCCC(C)CCCC(C)CCCC(C)C)OC(C)(CCCC(C)CCCC(C)CCCC(C)C)C2CCC(C(C)(O)CCCC(C)CCCC(C)CCCC(C)C)O2)OC1(C)CCCC(C)CCCC(C)CCCC(C)C. The lowest BCUT2D eigenvalue weighted by atomic mass is 9.78. The molecule has 3 saturated heterocycles. The van der Waals surface area contributed by atoms with Crippen LogP contribution in [-0.4, -0.2) is 70.7 Å². The van der Waals surface area contributed by atoms with E-state index in [1.165, 1.54) is 334 Å². The number of hydrogen-bond acceptors (Lipinski definition) is 6. The van der Waals surface area contributed by atoms with Crippen molar-refractivity contribution < 1.29 is 28.8 Å². The Kier molecular flexibility index (Phi) is 61.1. The van der Waals surface area contributed by atoms with Crippen LogP contribution in [0.15, 0.2) is 0 Å². The van der Waals surface area contributed by atoms with Crippen molar-refractivity contribution in [3.63, 3.8) is 0 Å². The molecule has 0 spiro atoms. The standard InChI is InChI=1S/C108H212O6/c1-22-23-24-25-38-41-76-99-100(111-99)77-42-39-36-34-32-30-28-26-27-29-31-33-35-37-40-43-86-110-102-79-81-104(113-106(102,19)83-53-73-96(15)69-49-65-92(11)61-45-57-88(4)5)108(21,85-55-75-98(17)71-51-67-94(13)63-47-59-90(8)9)114-107(20,84-54-74-97(16)70-50-66-93(12)62-46-58-89(6)7)103-80-78-101(112-103)105(18,109)82-52-72-95(14)68-48-64-91(10)60-44-56-87(2)3/h87-104,109H,22-86H2,1-21H3. The van der Waals surface area contributed by atoms with Crippen molar-refractivity contribution in [2.75, 3.05) is 6.61 Å². The Morgan fingerprint density at radius 1 is 0.307 bits per heavy atom. The van der Waals surface area contributed by atoms with Gasteiger partial charge in [-0.25, -0.2) is 0 Å². The third kappa shape index (κ3) is 53.1. The third-order valence-corrected chi connectivity index (χ3v) is 29.5. The highest BCUT2D eigenvalue weighted by Crippen LogP contribution is 2.48. The van der Waals surface area contributed by atoms with Crippen LogP contribution in [0, 0.1) is 71.0 Å². The summed E-state index contributed by atoms with van der Waals surface area (Å²) in [6, 6.07) is 0. The predicted octanol–water partition coefficient (Wildman–Crippen LogP) is 35.0. The average Bonchev–Trinajstić information content (AvgIpc) is 1.26. The Bertz CT molecular complexity index is 2160. The van der Waals surface area contributed by atoms with Crippen LogP contribution in [-0.2, 0) is 23.7 Å². The van der Waals surface area contributed by atoms with E-state index < -0.39 is 22.4 Å². The van der Waals surface area contributed by atoms with Crippen molar-refractivity contribution in [3.8, 4) is 0 Å². The molecule has 3 aliphatic heterocycles. The molecule has 0 aromatic carbocycles. The van der Waals surface area contributed by atoms with E-state index in [4.69, 9.17) is 23.7 Å². The van der Waals surface area contributed by atoms with Crippen LogP contribution in [0.4, 0.5) is 0 Å². The van der Waals surface area contributed by atoms with E-state index in [1.54, 1.807) is 0 Å². The Balaban J connectivity index is 1.78. The maximum absolute atomic E-state index is 12.6. The second kappa shape index (κ2) is 64.5. The summed E-state index contributed by atoms with van der Waals surface area (Å²) >= 11 is 0. The first kappa shape index (κ1) is 108. The highest BCUT2D eigenvalue weighted by molar-refractivity contribution is 5.02. The van der Waals surface area contributed by atoms with Crippen LogP contribution in [0.3, 0.4) is 0 Å². The summed E-state index contributed by atoms with van der Waals surface area (Å²) in [5, 5.41) is 12.6. The molecular weight excluding hydrogens is 1390 g/mol. The first-order valence-corrected chi connectivity index (χ1v) is 52.5. The van der Waals surface area contributed by atoms with Crippen molar-refractivity contribution in [3.05, 3.63) is 0 Å². The fraction of sp³-hybridized carbons (Fsp3) is 1.00. The van der Waals surface area contributed by atoms with E-state index in [9.17, 15) is 5.11 Å². The molecular formula is C108H212O6. The van der Waals surface area contributed by atoms with Crippen LogP contribution in [0.2, 0.25) is 0 Å². The molecule has 0 radical (unpaired) electrons. The number of hydrogen-bond donors (Lipinski definition) is 1. The fourth-order valence-corrected chi connectivity index (χ4v) is 20.9. The summed E-state index contributed by atoms with van der Waals surface area (Å²) in [5.74, 6) is 9.28. The van der Waals surface area contributed by atoms with Crippen molar-refractivity contribution >= 4 is 0 Å². The lowest BCUT2D eigenvalue weighted by Crippen LogP contribution is -2.60. The summed E-state index contributed by atoms with van der Waals surface area (Å²) in [7, 11) is 0. The number of unbranched alkanes of at least 4 members (excludes halogenated alkanes) is 20. The predicted molar refractivity (Wildman–Crippen MR) is 503 cm³/mol. The Morgan fingerprint density at radius 3 is 0.939 bits per heavy atom. The zero-order valence-corrected chi connectivity index (χ0v) is 81.8. The highest BCUT2D eigenvalue weighted by atomic mass is 16.6. The van der Waals surface area contributed by atoms with Gasteiger partial charge in [0.2, 0.25) is 0 Å². The molecule has 3 fully saturated rings. The molecule has 3 rings (SSSR count). The van der Waals surface area contributed by atoms with Crippen LogP contribution >= 0.6 is 0 Å². The molecule has 0 aromatic rings. The van der Waals surface area contributed by atoms with Crippen LogP contribution in [0.5, 0.6) is 0 Å². The van der Waals surface area contributed by atoms with Gasteiger partial charge in [0, 0.05) is 6.61 Å². The first-order chi connectivity index (χ1) is 54.5. The molecule has 6 nitrogen and oxygen atoms in total. The molecule has 18 atom stereocenters. The molecule has 0 aliphatic carbocycles. The maximum atomic E-state index is 12.6. The molecule has 680 valence electrons. The Hall–Kier alpha value is -0.240. The minimum absolute atomic E-state index is 0.0456. The summed E-state index contributed by atoms with van der Waals surface area (Å²) in [6.45, 7) is 51.8. The van der Waals surface area contributed by atoms with E-state index >= 15 is 0 Å². The number of ether oxygens (including phenoxy) is 5. The van der Waals surface area contributed by atoms with Gasteiger partial charge in [-0.3, -0.25) is 0 Å². The smallest absolute Gasteiger partial charge is 0.0924 e. The van der Waals surface area contributed by atoms with Gasteiger partial charge in [0.1, 0.15) is 0 Å². The highest BCUT2D eigenvalue weighted by Gasteiger charge is 2.54. The van der Waals surface area contributed by atoms with Gasteiger partial charge in [-0.05, 0) is 169 Å². The summed E-state index contributed by atoms with van der Waals surface area (Å²) in [6.07, 6.45) is 83.5. The third-order valence-electron chi connectivity index (χ3n) is 29.5. The van der Waals surface area contributed by atoms with E-state index in [1.807, 2.05) is 0 Å². The van der Waals surface area contributed by atoms with Crippen molar-refractivity contribution in [2.24, 2.45) is 71.0 Å². The van der Waals surface area contributed by atoms with E-state index in [0.717, 1.165) is 131 Å². The minimum atomic E-state index is -0.874. The molecule has 3 heterocycles. The second-order valence-electron chi connectivity index (χ2n) is 44.3. The monoisotopic (exact) mass is 1610 g/mol. The number of aliphatic hydroxyl groups is 1. The van der Waals surface area contributed by atoms with Crippen molar-refractivity contribution in [2.45, 2.75) is 615 Å². The molecule has 1 N–H and O–H groups in total. The van der Waals surface area contributed by atoms with Crippen molar-refractivity contribution in [1.29, 1.82) is 0 Å². The Labute approximate surface area is 717 Å². The molecule has 18 unspecified atom stereocenters. The quantitative estimate of drug-likeness (QED) is 0.0483. The van der Waals surface area contributed by atoms with Gasteiger partial charge < -0.3 is 28.8 Å². The van der Waals surface area contributed by atoms with E-state index in [-0.39, 0.29) is 24.4 Å². The van der Waals surface area contributed by atoms with E-state index in [0.29, 0.717) is 35.9 Å². The Morgan fingerprint density at radius 2 is 0.588 bits per heavy atom. The maximum Gasteiger partial charge on any atom is 0.0924 e. The zero-order chi connectivity index (χ0) is 83.9. The minimum Gasteiger partial charge on any atom is -0.387 e. The lowest BCUT2D eigenvalue weighted by Gasteiger charge is -2.53. The molecule has 0 bridgehead atoms. The molecule has 0 saturated carbocycles. The summed E-state index contributed by atoms with van der Waals surface area (Å²) in [4.78, 5) is 0.